The van der Waals surface area contributed by atoms with Crippen LogP contribution < -0.4 is 19.9 Å². The van der Waals surface area contributed by atoms with Crippen LogP contribution in [0.5, 0.6) is 5.75 Å². The van der Waals surface area contributed by atoms with E-state index in [1.54, 1.807) is 0 Å². The smallest absolute Gasteiger partial charge is 0.324 e. The van der Waals surface area contributed by atoms with Gasteiger partial charge in [-0.25, -0.2) is 4.79 Å². The number of amides is 3. The van der Waals surface area contributed by atoms with Gasteiger partial charge in [0.1, 0.15) is 45.1 Å². The Morgan fingerprint density at radius 2 is 1.96 bits per heavy atom. The Kier molecular flexibility index (Phi) is 6.34. The molecule has 3 rings (SSSR count). The predicted molar refractivity (Wildman–Crippen MR) is 97.8 cm³/mol. The van der Waals surface area contributed by atoms with Gasteiger partial charge in [-0.1, -0.05) is 11.6 Å². The molecule has 26 heavy (non-hydrogen) atoms. The molecular formula is C18H27ClN4O3+2. The van der Waals surface area contributed by atoms with Gasteiger partial charge in [0, 0.05) is 18.1 Å². The van der Waals surface area contributed by atoms with E-state index < -0.39 is 0 Å². The summed E-state index contributed by atoms with van der Waals surface area (Å²) >= 11 is 5.87. The van der Waals surface area contributed by atoms with E-state index in [4.69, 9.17) is 16.3 Å². The number of quaternary nitrogens is 2. The van der Waals surface area contributed by atoms with Gasteiger partial charge in [0.2, 0.25) is 0 Å². The summed E-state index contributed by atoms with van der Waals surface area (Å²) in [5, 5.41) is 3.39. The number of hydrogen-bond acceptors (Lipinski definition) is 3. The number of carbonyl (C=O) groups excluding carboxylic acids is 2. The Morgan fingerprint density at radius 3 is 2.58 bits per heavy atom. The lowest BCUT2D eigenvalue weighted by Crippen LogP contribution is -3.30. The minimum Gasteiger partial charge on any atom is -0.488 e. The van der Waals surface area contributed by atoms with Gasteiger partial charge in [-0.15, -0.1) is 0 Å². The van der Waals surface area contributed by atoms with Crippen molar-refractivity contribution >= 4 is 23.5 Å². The van der Waals surface area contributed by atoms with Gasteiger partial charge in [-0.05, 0) is 31.2 Å². The quantitative estimate of drug-likeness (QED) is 0.557. The van der Waals surface area contributed by atoms with Crippen LogP contribution >= 0.6 is 11.6 Å². The highest BCUT2D eigenvalue weighted by Gasteiger charge is 2.37. The Labute approximate surface area is 158 Å². The number of nitrogens with zero attached hydrogens (tertiary/aromatic N) is 1. The number of ether oxygens (including phenoxy) is 1. The van der Waals surface area contributed by atoms with E-state index in [2.05, 4.69) is 5.32 Å². The summed E-state index contributed by atoms with van der Waals surface area (Å²) in [5.74, 6) is 0.769. The molecule has 2 heterocycles. The van der Waals surface area contributed by atoms with Crippen molar-refractivity contribution in [3.05, 3.63) is 29.3 Å². The Bertz CT molecular complexity index is 632. The fourth-order valence-electron chi connectivity index (χ4n) is 3.54. The molecule has 2 aliphatic heterocycles. The first-order valence-corrected chi connectivity index (χ1v) is 9.58. The number of imide groups is 1. The maximum Gasteiger partial charge on any atom is 0.324 e. The van der Waals surface area contributed by atoms with Crippen molar-refractivity contribution in [1.29, 1.82) is 0 Å². The number of halogens is 1. The molecule has 0 aromatic heterocycles. The molecule has 0 unspecified atom stereocenters. The van der Waals surface area contributed by atoms with Crippen molar-refractivity contribution in [3.63, 3.8) is 0 Å². The molecule has 1 aromatic carbocycles. The summed E-state index contributed by atoms with van der Waals surface area (Å²) in [7, 11) is 0. The van der Waals surface area contributed by atoms with Crippen LogP contribution in [0.1, 0.15) is 6.92 Å². The van der Waals surface area contributed by atoms with E-state index in [0.29, 0.717) is 24.7 Å². The SMILES string of the molecule is C[C@H](C(=O)N1CCNC1=O)[NH+]1CC[NH+](CCOc2ccc(Cl)cc2)CC1. The highest BCUT2D eigenvalue weighted by atomic mass is 35.5. The van der Waals surface area contributed by atoms with Crippen LogP contribution in [0.2, 0.25) is 5.02 Å². The molecule has 2 aliphatic rings. The summed E-state index contributed by atoms with van der Waals surface area (Å²) < 4.78 is 5.76. The van der Waals surface area contributed by atoms with Gasteiger partial charge in [-0.3, -0.25) is 9.69 Å². The molecule has 0 bridgehead atoms. The van der Waals surface area contributed by atoms with Gasteiger partial charge in [0.05, 0.1) is 0 Å². The van der Waals surface area contributed by atoms with E-state index in [1.807, 2.05) is 31.2 Å². The molecule has 0 saturated carbocycles. The van der Waals surface area contributed by atoms with Crippen LogP contribution in [0, 0.1) is 0 Å². The van der Waals surface area contributed by atoms with Crippen LogP contribution in [0.3, 0.4) is 0 Å². The van der Waals surface area contributed by atoms with Gasteiger partial charge >= 0.3 is 6.03 Å². The molecule has 3 N–H and O–H groups in total. The Morgan fingerprint density at radius 1 is 1.27 bits per heavy atom. The maximum absolute atomic E-state index is 12.5. The summed E-state index contributed by atoms with van der Waals surface area (Å²) in [5.41, 5.74) is 0. The molecule has 3 amide bonds. The molecule has 8 heteroatoms. The van der Waals surface area contributed by atoms with Gasteiger partial charge in [0.25, 0.3) is 5.91 Å². The lowest BCUT2D eigenvalue weighted by Gasteiger charge is -2.33. The van der Waals surface area contributed by atoms with Crippen LogP contribution in [-0.4, -0.2) is 75.3 Å². The molecule has 2 saturated heterocycles. The molecule has 0 radical (unpaired) electrons. The van der Waals surface area contributed by atoms with Crippen LogP contribution in [0.15, 0.2) is 24.3 Å². The van der Waals surface area contributed by atoms with E-state index in [0.717, 1.165) is 38.5 Å². The minimum atomic E-state index is -0.259. The van der Waals surface area contributed by atoms with Crippen molar-refractivity contribution in [2.75, 3.05) is 52.4 Å². The van der Waals surface area contributed by atoms with Crippen LogP contribution in [-0.2, 0) is 4.79 Å². The largest absolute Gasteiger partial charge is 0.488 e. The van der Waals surface area contributed by atoms with Crippen molar-refractivity contribution in [2.24, 2.45) is 0 Å². The Hall–Kier alpha value is -1.83. The number of urea groups is 1. The third-order valence-electron chi connectivity index (χ3n) is 5.24. The first kappa shape index (κ1) is 18.9. The average Bonchev–Trinajstić information content (AvgIpc) is 3.09. The zero-order valence-electron chi connectivity index (χ0n) is 15.1. The molecule has 7 nitrogen and oxygen atoms in total. The third-order valence-corrected chi connectivity index (χ3v) is 5.49. The number of hydrogen-bond donors (Lipinski definition) is 3. The molecule has 0 spiro atoms. The highest BCUT2D eigenvalue weighted by molar-refractivity contribution is 6.30. The fourth-order valence-corrected chi connectivity index (χ4v) is 3.67. The fraction of sp³-hybridized carbons (Fsp3) is 0.556. The topological polar surface area (TPSA) is 67.5 Å². The lowest BCUT2D eigenvalue weighted by atomic mass is 10.2. The van der Waals surface area contributed by atoms with Gasteiger partial charge in [-0.2, -0.15) is 0 Å². The van der Waals surface area contributed by atoms with Crippen molar-refractivity contribution in [3.8, 4) is 5.75 Å². The number of carbonyl (C=O) groups is 2. The second-order valence-electron chi connectivity index (χ2n) is 6.90. The third kappa shape index (κ3) is 4.66. The minimum absolute atomic E-state index is 0.0653. The van der Waals surface area contributed by atoms with Crippen LogP contribution in [0.25, 0.3) is 0 Å². The first-order valence-electron chi connectivity index (χ1n) is 9.20. The normalized spacial score (nSPS) is 24.2. The first-order chi connectivity index (χ1) is 12.5. The zero-order chi connectivity index (χ0) is 18.5. The maximum atomic E-state index is 12.5. The molecule has 1 atom stereocenters. The second-order valence-corrected chi connectivity index (χ2v) is 7.34. The molecular weight excluding hydrogens is 356 g/mol. The zero-order valence-corrected chi connectivity index (χ0v) is 15.8. The number of nitrogens with one attached hydrogen (secondary N) is 3. The van der Waals surface area contributed by atoms with E-state index >= 15 is 0 Å². The monoisotopic (exact) mass is 382 g/mol. The van der Waals surface area contributed by atoms with E-state index in [-0.39, 0.29) is 18.0 Å². The van der Waals surface area contributed by atoms with E-state index in [1.165, 1.54) is 14.7 Å². The standard InChI is InChI=1S/C18H25ClN4O3/c1-14(17(24)23-7-6-20-18(23)25)22-10-8-21(9-11-22)12-13-26-16-4-2-15(19)3-5-16/h2-5,14H,6-13H2,1H3,(H,20,25)/p+2/t14-/m1/s1. The summed E-state index contributed by atoms with van der Waals surface area (Å²) in [6.45, 7) is 8.43. The summed E-state index contributed by atoms with van der Waals surface area (Å²) in [6.07, 6.45) is 0. The second kappa shape index (κ2) is 8.70. The number of benzene rings is 1. The van der Waals surface area contributed by atoms with Crippen LogP contribution in [0.4, 0.5) is 4.79 Å². The van der Waals surface area contributed by atoms with Crippen molar-refractivity contribution < 1.29 is 24.1 Å². The van der Waals surface area contributed by atoms with Crippen molar-refractivity contribution in [2.45, 2.75) is 13.0 Å². The number of piperazine rings is 1. The molecule has 2 fully saturated rings. The highest BCUT2D eigenvalue weighted by Crippen LogP contribution is 2.14. The van der Waals surface area contributed by atoms with Gasteiger partial charge < -0.3 is 19.9 Å². The summed E-state index contributed by atoms with van der Waals surface area (Å²) in [4.78, 5) is 28.3. The molecule has 1 aromatic rings. The summed E-state index contributed by atoms with van der Waals surface area (Å²) in [6, 6.07) is 6.97. The van der Waals surface area contributed by atoms with Crippen molar-refractivity contribution in [1.82, 2.24) is 10.2 Å². The predicted octanol–water partition coefficient (Wildman–Crippen LogP) is -1.56. The number of rotatable bonds is 6. The van der Waals surface area contributed by atoms with Gasteiger partial charge in [0.15, 0.2) is 6.04 Å². The van der Waals surface area contributed by atoms with E-state index in [9.17, 15) is 9.59 Å². The lowest BCUT2D eigenvalue weighted by molar-refractivity contribution is -1.02. The molecule has 0 aliphatic carbocycles. The molecule has 142 valence electrons. The average molecular weight is 383 g/mol. The Balaban J connectivity index is 1.39.